The molecule has 27 heavy (non-hydrogen) atoms. The van der Waals surface area contributed by atoms with Crippen molar-refractivity contribution in [2.45, 2.75) is 12.8 Å². The molecule has 0 fully saturated rings. The second-order valence-electron chi connectivity index (χ2n) is 6.23. The molecular weight excluding hydrogens is 340 g/mol. The van der Waals surface area contributed by atoms with Crippen LogP contribution in [-0.2, 0) is 29.4 Å². The van der Waals surface area contributed by atoms with Gasteiger partial charge >= 0.3 is 0 Å². The van der Waals surface area contributed by atoms with Gasteiger partial charge in [0.05, 0.1) is 6.61 Å². The molecule has 0 radical (unpaired) electrons. The molecule has 0 unspecified atom stereocenters. The summed E-state index contributed by atoms with van der Waals surface area (Å²) in [4.78, 5) is 16.4. The van der Waals surface area contributed by atoms with Gasteiger partial charge in [0, 0.05) is 25.6 Å². The molecule has 6 heteroatoms. The Kier molecular flexibility index (Phi) is 6.71. The lowest BCUT2D eigenvalue weighted by Gasteiger charge is -2.06. The minimum Gasteiger partial charge on any atom is -0.371 e. The number of carbonyl (C=O) groups excluding carboxylic acids is 1. The van der Waals surface area contributed by atoms with Crippen molar-refractivity contribution in [1.82, 2.24) is 20.1 Å². The number of nitrogens with one attached hydrogen (secondary N) is 1. The molecule has 0 spiro atoms. The summed E-state index contributed by atoms with van der Waals surface area (Å²) in [5.41, 5.74) is 2.18. The molecule has 3 aromatic rings. The van der Waals surface area contributed by atoms with Crippen LogP contribution in [0.4, 0.5) is 0 Å². The first kappa shape index (κ1) is 18.8. The van der Waals surface area contributed by atoms with Crippen LogP contribution < -0.4 is 5.32 Å². The van der Waals surface area contributed by atoms with E-state index in [1.165, 1.54) is 5.56 Å². The van der Waals surface area contributed by atoms with E-state index in [1.807, 2.05) is 67.7 Å². The lowest BCUT2D eigenvalue weighted by atomic mass is 10.2. The van der Waals surface area contributed by atoms with Crippen molar-refractivity contribution in [3.8, 4) is 11.4 Å². The Bertz CT molecular complexity index is 847. The molecule has 1 aromatic heterocycles. The number of nitrogens with zero attached hydrogens (tertiary/aromatic N) is 3. The van der Waals surface area contributed by atoms with Crippen molar-refractivity contribution >= 4 is 5.91 Å². The summed E-state index contributed by atoms with van der Waals surface area (Å²) in [7, 11) is 1.86. The van der Waals surface area contributed by atoms with Gasteiger partial charge in [-0.3, -0.25) is 9.48 Å². The molecule has 0 atom stereocenters. The molecule has 140 valence electrons. The molecule has 0 saturated carbocycles. The van der Waals surface area contributed by atoms with Gasteiger partial charge in [0.1, 0.15) is 12.4 Å². The SMILES string of the molecule is Cn1nc(-c2ccccc2)nc1CCNC(=O)COCCc1ccccc1. The summed E-state index contributed by atoms with van der Waals surface area (Å²) < 4.78 is 7.20. The zero-order valence-corrected chi connectivity index (χ0v) is 15.5. The number of benzene rings is 2. The summed E-state index contributed by atoms with van der Waals surface area (Å²) >= 11 is 0. The van der Waals surface area contributed by atoms with Crippen molar-refractivity contribution in [2.75, 3.05) is 19.8 Å². The lowest BCUT2D eigenvalue weighted by molar-refractivity contribution is -0.125. The highest BCUT2D eigenvalue weighted by Gasteiger charge is 2.09. The molecule has 0 aliphatic carbocycles. The molecule has 6 nitrogen and oxygen atoms in total. The zero-order valence-electron chi connectivity index (χ0n) is 15.5. The molecule has 0 saturated heterocycles. The Balaban J connectivity index is 1.37. The summed E-state index contributed by atoms with van der Waals surface area (Å²) in [6.07, 6.45) is 1.42. The van der Waals surface area contributed by atoms with E-state index in [0.717, 1.165) is 17.8 Å². The Hall–Kier alpha value is -2.99. The second-order valence-corrected chi connectivity index (χ2v) is 6.23. The minimum atomic E-state index is -0.117. The van der Waals surface area contributed by atoms with Crippen LogP contribution >= 0.6 is 0 Å². The highest BCUT2D eigenvalue weighted by Crippen LogP contribution is 2.14. The van der Waals surface area contributed by atoms with Crippen molar-refractivity contribution < 1.29 is 9.53 Å². The average molecular weight is 364 g/mol. The van der Waals surface area contributed by atoms with Crippen molar-refractivity contribution in [2.24, 2.45) is 7.05 Å². The van der Waals surface area contributed by atoms with Gasteiger partial charge in [-0.2, -0.15) is 5.10 Å². The molecule has 0 aliphatic heterocycles. The standard InChI is InChI=1S/C21H24N4O2/c1-25-19(23-21(24-25)18-10-6-3-7-11-18)12-14-22-20(26)16-27-15-13-17-8-4-2-5-9-17/h2-11H,12-16H2,1H3,(H,22,26). The normalized spacial score (nSPS) is 10.7. The lowest BCUT2D eigenvalue weighted by Crippen LogP contribution is -2.30. The molecule has 1 amide bonds. The van der Waals surface area contributed by atoms with Crippen molar-refractivity contribution in [3.05, 3.63) is 72.1 Å². The molecule has 3 rings (SSSR count). The largest absolute Gasteiger partial charge is 0.371 e. The first-order chi connectivity index (χ1) is 13.2. The predicted molar refractivity (Wildman–Crippen MR) is 104 cm³/mol. The fourth-order valence-corrected chi connectivity index (χ4v) is 2.71. The highest BCUT2D eigenvalue weighted by molar-refractivity contribution is 5.77. The predicted octanol–water partition coefficient (Wildman–Crippen LogP) is 2.40. The summed E-state index contributed by atoms with van der Waals surface area (Å²) in [6.45, 7) is 1.10. The van der Waals surface area contributed by atoms with E-state index in [1.54, 1.807) is 4.68 Å². The monoisotopic (exact) mass is 364 g/mol. The van der Waals surface area contributed by atoms with E-state index >= 15 is 0 Å². The van der Waals surface area contributed by atoms with E-state index in [9.17, 15) is 4.79 Å². The fraction of sp³-hybridized carbons (Fsp3) is 0.286. The van der Waals surface area contributed by atoms with Crippen LogP contribution in [0.5, 0.6) is 0 Å². The third-order valence-corrected chi connectivity index (χ3v) is 4.17. The van der Waals surface area contributed by atoms with Crippen LogP contribution in [0.2, 0.25) is 0 Å². The van der Waals surface area contributed by atoms with Gasteiger partial charge in [-0.25, -0.2) is 4.98 Å². The summed E-state index contributed by atoms with van der Waals surface area (Å²) in [5, 5.41) is 7.30. The first-order valence-corrected chi connectivity index (χ1v) is 9.06. The van der Waals surface area contributed by atoms with E-state index in [0.29, 0.717) is 25.4 Å². The van der Waals surface area contributed by atoms with Crippen LogP contribution in [0.25, 0.3) is 11.4 Å². The van der Waals surface area contributed by atoms with Gasteiger partial charge in [0.2, 0.25) is 5.91 Å². The average Bonchev–Trinajstić information content (AvgIpc) is 3.07. The molecule has 0 aliphatic rings. The van der Waals surface area contributed by atoms with E-state index in [2.05, 4.69) is 15.4 Å². The van der Waals surface area contributed by atoms with E-state index in [-0.39, 0.29) is 12.5 Å². The number of amides is 1. The second kappa shape index (κ2) is 9.64. The quantitative estimate of drug-likeness (QED) is 0.592. The van der Waals surface area contributed by atoms with Crippen LogP contribution in [0, 0.1) is 0 Å². The van der Waals surface area contributed by atoms with Crippen LogP contribution in [0.3, 0.4) is 0 Å². The number of ether oxygens (including phenoxy) is 1. The number of aryl methyl sites for hydroxylation is 1. The van der Waals surface area contributed by atoms with Gasteiger partial charge in [0.25, 0.3) is 0 Å². The number of rotatable bonds is 9. The van der Waals surface area contributed by atoms with Gasteiger partial charge < -0.3 is 10.1 Å². The minimum absolute atomic E-state index is 0.0704. The Morgan fingerprint density at radius 3 is 2.48 bits per heavy atom. The van der Waals surface area contributed by atoms with Gasteiger partial charge in [-0.15, -0.1) is 0 Å². The third-order valence-electron chi connectivity index (χ3n) is 4.17. The Labute approximate surface area is 159 Å². The smallest absolute Gasteiger partial charge is 0.246 e. The Morgan fingerprint density at radius 2 is 1.74 bits per heavy atom. The maximum Gasteiger partial charge on any atom is 0.246 e. The fourth-order valence-electron chi connectivity index (χ4n) is 2.71. The molecule has 1 N–H and O–H groups in total. The maximum absolute atomic E-state index is 11.9. The number of hydrogen-bond donors (Lipinski definition) is 1. The maximum atomic E-state index is 11.9. The topological polar surface area (TPSA) is 69.0 Å². The summed E-state index contributed by atoms with van der Waals surface area (Å²) in [6, 6.07) is 19.9. The number of hydrogen-bond acceptors (Lipinski definition) is 4. The van der Waals surface area contributed by atoms with Crippen molar-refractivity contribution in [1.29, 1.82) is 0 Å². The number of carbonyl (C=O) groups is 1. The number of aromatic nitrogens is 3. The van der Waals surface area contributed by atoms with Crippen LogP contribution in [0.15, 0.2) is 60.7 Å². The molecule has 0 bridgehead atoms. The van der Waals surface area contributed by atoms with Gasteiger partial charge in [-0.05, 0) is 12.0 Å². The Morgan fingerprint density at radius 1 is 1.04 bits per heavy atom. The van der Waals surface area contributed by atoms with Crippen LogP contribution in [-0.4, -0.2) is 40.4 Å². The van der Waals surface area contributed by atoms with E-state index < -0.39 is 0 Å². The third kappa shape index (κ3) is 5.76. The van der Waals surface area contributed by atoms with Crippen molar-refractivity contribution in [3.63, 3.8) is 0 Å². The van der Waals surface area contributed by atoms with E-state index in [4.69, 9.17) is 4.74 Å². The van der Waals surface area contributed by atoms with Crippen LogP contribution in [0.1, 0.15) is 11.4 Å². The zero-order chi connectivity index (χ0) is 18.9. The van der Waals surface area contributed by atoms with Gasteiger partial charge in [0.15, 0.2) is 5.82 Å². The first-order valence-electron chi connectivity index (χ1n) is 9.06. The summed E-state index contributed by atoms with van der Waals surface area (Å²) in [5.74, 6) is 1.41. The highest BCUT2D eigenvalue weighted by atomic mass is 16.5. The molecule has 1 heterocycles. The molecule has 2 aromatic carbocycles. The molecular formula is C21H24N4O2. The van der Waals surface area contributed by atoms with Gasteiger partial charge in [-0.1, -0.05) is 60.7 Å².